The number of aryl methyl sites for hydroxylation is 1. The molecule has 0 saturated heterocycles. The molecule has 0 bridgehead atoms. The van der Waals surface area contributed by atoms with Crippen molar-refractivity contribution in [2.45, 2.75) is 64.3 Å². The van der Waals surface area contributed by atoms with Crippen molar-refractivity contribution in [2.75, 3.05) is 6.61 Å². The lowest BCUT2D eigenvalue weighted by atomic mass is 9.86. The van der Waals surface area contributed by atoms with Crippen LogP contribution < -0.4 is 5.32 Å². The van der Waals surface area contributed by atoms with Gasteiger partial charge in [-0.05, 0) is 35.8 Å². The zero-order valence-electron chi connectivity index (χ0n) is 14.1. The van der Waals surface area contributed by atoms with Crippen LogP contribution >= 0.6 is 0 Å². The minimum Gasteiger partial charge on any atom is -0.396 e. The van der Waals surface area contributed by atoms with Crippen LogP contribution in [-0.2, 0) is 16.6 Å². The molecule has 2 atom stereocenters. The highest BCUT2D eigenvalue weighted by Gasteiger charge is 2.27. The van der Waals surface area contributed by atoms with E-state index in [9.17, 15) is 9.90 Å². The first-order valence-corrected chi connectivity index (χ1v) is 8.40. The average molecular weight is 303 g/mol. The van der Waals surface area contributed by atoms with Crippen molar-refractivity contribution in [3.8, 4) is 0 Å². The van der Waals surface area contributed by atoms with Crippen molar-refractivity contribution in [1.29, 1.82) is 0 Å². The van der Waals surface area contributed by atoms with E-state index in [1.165, 1.54) is 11.1 Å². The maximum Gasteiger partial charge on any atom is 0.220 e. The van der Waals surface area contributed by atoms with E-state index >= 15 is 0 Å². The minimum absolute atomic E-state index is 0.102. The Labute approximate surface area is 134 Å². The summed E-state index contributed by atoms with van der Waals surface area (Å²) in [5, 5.41) is 12.4. The van der Waals surface area contributed by atoms with Gasteiger partial charge in [-0.15, -0.1) is 0 Å². The van der Waals surface area contributed by atoms with Crippen LogP contribution in [0.25, 0.3) is 0 Å². The number of rotatable bonds is 5. The predicted octanol–water partition coefficient (Wildman–Crippen LogP) is 3.19. The molecule has 1 aliphatic rings. The zero-order valence-corrected chi connectivity index (χ0v) is 14.1. The van der Waals surface area contributed by atoms with Crippen molar-refractivity contribution >= 4 is 5.91 Å². The average Bonchev–Trinajstić information content (AvgIpc) is 2.92. The van der Waals surface area contributed by atoms with Crippen molar-refractivity contribution in [1.82, 2.24) is 5.32 Å². The largest absolute Gasteiger partial charge is 0.396 e. The Bertz CT molecular complexity index is 487. The van der Waals surface area contributed by atoms with Gasteiger partial charge in [-0.3, -0.25) is 4.79 Å². The van der Waals surface area contributed by atoms with E-state index in [1.807, 2.05) is 0 Å². The van der Waals surface area contributed by atoms with Gasteiger partial charge < -0.3 is 10.4 Å². The van der Waals surface area contributed by atoms with Gasteiger partial charge in [0.15, 0.2) is 0 Å². The summed E-state index contributed by atoms with van der Waals surface area (Å²) in [4.78, 5) is 12.1. The minimum atomic E-state index is 0.102. The second-order valence-electron chi connectivity index (χ2n) is 7.49. The Balaban J connectivity index is 1.81. The smallest absolute Gasteiger partial charge is 0.220 e. The summed E-state index contributed by atoms with van der Waals surface area (Å²) in [7, 11) is 0. The monoisotopic (exact) mass is 303 g/mol. The van der Waals surface area contributed by atoms with E-state index in [4.69, 9.17) is 0 Å². The molecule has 22 heavy (non-hydrogen) atoms. The SMILES string of the molecule is CC(C)(C)c1ccc(CCC(=O)N[C@@H]2CCC[C@H]2CO)cc1. The van der Waals surface area contributed by atoms with E-state index < -0.39 is 0 Å². The highest BCUT2D eigenvalue weighted by atomic mass is 16.3. The topological polar surface area (TPSA) is 49.3 Å². The third kappa shape index (κ3) is 4.57. The number of aliphatic hydroxyl groups is 1. The van der Waals surface area contributed by atoms with E-state index in [0.717, 1.165) is 25.7 Å². The van der Waals surface area contributed by atoms with Gasteiger partial charge in [-0.1, -0.05) is 51.5 Å². The maximum atomic E-state index is 12.1. The van der Waals surface area contributed by atoms with Crippen LogP contribution in [0.15, 0.2) is 24.3 Å². The summed E-state index contributed by atoms with van der Waals surface area (Å²) in [5.74, 6) is 0.347. The van der Waals surface area contributed by atoms with Crippen molar-refractivity contribution in [3.05, 3.63) is 35.4 Å². The molecule has 0 spiro atoms. The highest BCUT2D eigenvalue weighted by Crippen LogP contribution is 2.25. The molecule has 0 unspecified atom stereocenters. The third-order valence-corrected chi connectivity index (χ3v) is 4.70. The van der Waals surface area contributed by atoms with Crippen molar-refractivity contribution < 1.29 is 9.90 Å². The molecule has 0 aliphatic heterocycles. The van der Waals surface area contributed by atoms with Crippen LogP contribution in [-0.4, -0.2) is 23.7 Å². The molecule has 122 valence electrons. The Kier molecular flexibility index (Phi) is 5.63. The second-order valence-corrected chi connectivity index (χ2v) is 7.49. The summed E-state index contributed by atoms with van der Waals surface area (Å²) in [6, 6.07) is 8.73. The van der Waals surface area contributed by atoms with Gasteiger partial charge in [0.1, 0.15) is 0 Å². The molecule has 2 N–H and O–H groups in total. The molecule has 1 amide bonds. The third-order valence-electron chi connectivity index (χ3n) is 4.70. The van der Waals surface area contributed by atoms with Crippen LogP contribution in [0.2, 0.25) is 0 Å². The molecule has 0 aromatic heterocycles. The van der Waals surface area contributed by atoms with Gasteiger partial charge in [-0.25, -0.2) is 0 Å². The number of aliphatic hydroxyl groups excluding tert-OH is 1. The number of amides is 1. The molecule has 1 aliphatic carbocycles. The number of carbonyl (C=O) groups is 1. The maximum absolute atomic E-state index is 12.1. The molecule has 3 heteroatoms. The van der Waals surface area contributed by atoms with Crippen molar-refractivity contribution in [3.63, 3.8) is 0 Å². The molecule has 1 aromatic carbocycles. The summed E-state index contributed by atoms with van der Waals surface area (Å²) in [6.45, 7) is 6.79. The quantitative estimate of drug-likeness (QED) is 0.877. The zero-order chi connectivity index (χ0) is 16.2. The van der Waals surface area contributed by atoms with E-state index in [-0.39, 0.29) is 29.9 Å². The number of carbonyl (C=O) groups excluding carboxylic acids is 1. The van der Waals surface area contributed by atoms with Crippen LogP contribution in [0.4, 0.5) is 0 Å². The van der Waals surface area contributed by atoms with Crippen LogP contribution in [0.5, 0.6) is 0 Å². The lowest BCUT2D eigenvalue weighted by Gasteiger charge is -2.20. The predicted molar refractivity (Wildman–Crippen MR) is 89.8 cm³/mol. The van der Waals surface area contributed by atoms with Gasteiger partial charge in [0.05, 0.1) is 0 Å². The van der Waals surface area contributed by atoms with Gasteiger partial charge in [0.2, 0.25) is 5.91 Å². The summed E-state index contributed by atoms with van der Waals surface area (Å²) >= 11 is 0. The van der Waals surface area contributed by atoms with Crippen LogP contribution in [0.1, 0.15) is 57.6 Å². The summed E-state index contributed by atoms with van der Waals surface area (Å²) in [5.41, 5.74) is 2.68. The Morgan fingerprint density at radius 2 is 1.91 bits per heavy atom. The van der Waals surface area contributed by atoms with Gasteiger partial charge in [0.25, 0.3) is 0 Å². The molecule has 1 fully saturated rings. The number of benzene rings is 1. The second kappa shape index (κ2) is 7.28. The van der Waals surface area contributed by atoms with Gasteiger partial charge >= 0.3 is 0 Å². The lowest BCUT2D eigenvalue weighted by molar-refractivity contribution is -0.122. The van der Waals surface area contributed by atoms with Crippen LogP contribution in [0, 0.1) is 5.92 Å². The fraction of sp³-hybridized carbons (Fsp3) is 0.632. The Morgan fingerprint density at radius 1 is 1.23 bits per heavy atom. The molecule has 2 rings (SSSR count). The standard InChI is InChI=1S/C19H29NO2/c1-19(2,3)16-10-7-14(8-11-16)9-12-18(22)20-17-6-4-5-15(17)13-21/h7-8,10-11,15,17,21H,4-6,9,12-13H2,1-3H3,(H,20,22)/t15-,17+/m0/s1. The molecule has 1 saturated carbocycles. The highest BCUT2D eigenvalue weighted by molar-refractivity contribution is 5.76. The number of nitrogens with one attached hydrogen (secondary N) is 1. The molecule has 0 heterocycles. The number of hydrogen-bond acceptors (Lipinski definition) is 2. The van der Waals surface area contributed by atoms with E-state index in [2.05, 4.69) is 50.4 Å². The normalized spacial score (nSPS) is 21.8. The Hall–Kier alpha value is -1.35. The molecule has 3 nitrogen and oxygen atoms in total. The Morgan fingerprint density at radius 3 is 2.50 bits per heavy atom. The first kappa shape index (κ1) is 17.0. The van der Waals surface area contributed by atoms with E-state index in [0.29, 0.717) is 6.42 Å². The van der Waals surface area contributed by atoms with Gasteiger partial charge in [-0.2, -0.15) is 0 Å². The molecular formula is C19H29NO2. The molecule has 0 radical (unpaired) electrons. The molecular weight excluding hydrogens is 274 g/mol. The van der Waals surface area contributed by atoms with E-state index in [1.54, 1.807) is 0 Å². The fourth-order valence-electron chi connectivity index (χ4n) is 3.15. The first-order chi connectivity index (χ1) is 10.4. The number of hydrogen-bond donors (Lipinski definition) is 2. The van der Waals surface area contributed by atoms with Crippen LogP contribution in [0.3, 0.4) is 0 Å². The fourth-order valence-corrected chi connectivity index (χ4v) is 3.15. The van der Waals surface area contributed by atoms with Crippen molar-refractivity contribution in [2.24, 2.45) is 5.92 Å². The first-order valence-electron chi connectivity index (χ1n) is 8.40. The molecule has 1 aromatic rings. The van der Waals surface area contributed by atoms with Gasteiger partial charge in [0, 0.05) is 25.0 Å². The lowest BCUT2D eigenvalue weighted by Crippen LogP contribution is -2.38. The summed E-state index contributed by atoms with van der Waals surface area (Å²) < 4.78 is 0. The summed E-state index contributed by atoms with van der Waals surface area (Å²) in [6.07, 6.45) is 4.41.